The van der Waals surface area contributed by atoms with E-state index in [1.165, 1.54) is 0 Å². The Hall–Kier alpha value is -0.420. The second-order valence-corrected chi connectivity index (χ2v) is 7.31. The normalized spacial score (nSPS) is 25.7. The van der Waals surface area contributed by atoms with E-state index in [0.717, 1.165) is 6.29 Å². The SMILES string of the molecule is CN(CC(C)(C)C=O)C1CCS(=O)(=O)C1. The Bertz CT molecular complexity index is 335. The van der Waals surface area contributed by atoms with E-state index in [1.807, 2.05) is 25.8 Å². The lowest BCUT2D eigenvalue weighted by Gasteiger charge is -2.29. The van der Waals surface area contributed by atoms with Crippen molar-refractivity contribution in [3.8, 4) is 0 Å². The first-order chi connectivity index (χ1) is 6.76. The summed E-state index contributed by atoms with van der Waals surface area (Å²) >= 11 is 0. The van der Waals surface area contributed by atoms with Gasteiger partial charge in [0.25, 0.3) is 0 Å². The van der Waals surface area contributed by atoms with Gasteiger partial charge < -0.3 is 9.69 Å². The Balaban J connectivity index is 2.56. The Labute approximate surface area is 91.6 Å². The second-order valence-electron chi connectivity index (χ2n) is 5.08. The van der Waals surface area contributed by atoms with E-state index >= 15 is 0 Å². The van der Waals surface area contributed by atoms with Crippen molar-refractivity contribution in [1.29, 1.82) is 0 Å². The van der Waals surface area contributed by atoms with E-state index in [4.69, 9.17) is 0 Å². The molecule has 0 aromatic carbocycles. The van der Waals surface area contributed by atoms with E-state index < -0.39 is 15.3 Å². The lowest BCUT2D eigenvalue weighted by atomic mass is 9.94. The van der Waals surface area contributed by atoms with Crippen LogP contribution in [0.2, 0.25) is 0 Å². The van der Waals surface area contributed by atoms with Crippen LogP contribution in [0, 0.1) is 5.41 Å². The molecule has 0 amide bonds. The predicted molar refractivity (Wildman–Crippen MR) is 59.5 cm³/mol. The Morgan fingerprint density at radius 3 is 2.47 bits per heavy atom. The van der Waals surface area contributed by atoms with Gasteiger partial charge in [0.15, 0.2) is 9.84 Å². The molecule has 0 spiro atoms. The summed E-state index contributed by atoms with van der Waals surface area (Å²) in [7, 11) is -0.947. The van der Waals surface area contributed by atoms with Gasteiger partial charge in [0, 0.05) is 18.0 Å². The first kappa shape index (κ1) is 12.6. The summed E-state index contributed by atoms with van der Waals surface area (Å²) < 4.78 is 22.6. The van der Waals surface area contributed by atoms with Gasteiger partial charge in [0.2, 0.25) is 0 Å². The molecular formula is C10H19NO3S. The maximum absolute atomic E-state index is 11.3. The van der Waals surface area contributed by atoms with E-state index in [1.54, 1.807) is 0 Å². The summed E-state index contributed by atoms with van der Waals surface area (Å²) in [6.45, 7) is 4.33. The molecule has 0 N–H and O–H groups in total. The highest BCUT2D eigenvalue weighted by molar-refractivity contribution is 7.91. The molecule has 1 heterocycles. The highest BCUT2D eigenvalue weighted by atomic mass is 32.2. The number of hydrogen-bond acceptors (Lipinski definition) is 4. The molecule has 1 rings (SSSR count). The number of carbonyl (C=O) groups is 1. The number of carbonyl (C=O) groups excluding carboxylic acids is 1. The van der Waals surface area contributed by atoms with Crippen LogP contribution in [0.3, 0.4) is 0 Å². The Morgan fingerprint density at radius 2 is 2.07 bits per heavy atom. The van der Waals surface area contributed by atoms with Crippen molar-refractivity contribution in [2.75, 3.05) is 25.1 Å². The standard InChI is InChI=1S/C10H19NO3S/c1-10(2,8-12)7-11(3)9-4-5-15(13,14)6-9/h8-9H,4-7H2,1-3H3. The van der Waals surface area contributed by atoms with E-state index in [2.05, 4.69) is 0 Å². The minimum absolute atomic E-state index is 0.0780. The summed E-state index contributed by atoms with van der Waals surface area (Å²) in [6, 6.07) is 0.0780. The fraction of sp³-hybridized carbons (Fsp3) is 0.900. The summed E-state index contributed by atoms with van der Waals surface area (Å²) in [4.78, 5) is 12.7. The molecule has 0 aromatic heterocycles. The maximum Gasteiger partial charge on any atom is 0.151 e. The topological polar surface area (TPSA) is 54.5 Å². The fourth-order valence-corrected chi connectivity index (χ4v) is 3.74. The molecule has 1 aliphatic rings. The third kappa shape index (κ3) is 3.57. The molecule has 4 nitrogen and oxygen atoms in total. The zero-order valence-corrected chi connectivity index (χ0v) is 10.4. The zero-order valence-electron chi connectivity index (χ0n) is 9.56. The van der Waals surface area contributed by atoms with Gasteiger partial charge in [-0.15, -0.1) is 0 Å². The summed E-state index contributed by atoms with van der Waals surface area (Å²) in [5.74, 6) is 0.516. The van der Waals surface area contributed by atoms with Crippen LogP contribution in [0.4, 0.5) is 0 Å². The summed E-state index contributed by atoms with van der Waals surface area (Å²) in [5.41, 5.74) is -0.402. The van der Waals surface area contributed by atoms with Crippen molar-refractivity contribution in [3.63, 3.8) is 0 Å². The van der Waals surface area contributed by atoms with Gasteiger partial charge in [-0.2, -0.15) is 0 Å². The van der Waals surface area contributed by atoms with E-state index in [0.29, 0.717) is 13.0 Å². The zero-order chi connectivity index (χ0) is 11.7. The second kappa shape index (κ2) is 4.22. The molecule has 1 saturated heterocycles. The van der Waals surface area contributed by atoms with Crippen LogP contribution < -0.4 is 0 Å². The van der Waals surface area contributed by atoms with E-state index in [9.17, 15) is 13.2 Å². The molecule has 1 fully saturated rings. The quantitative estimate of drug-likeness (QED) is 0.657. The molecule has 88 valence electrons. The van der Waals surface area contributed by atoms with Crippen LogP contribution in [0.1, 0.15) is 20.3 Å². The number of rotatable bonds is 4. The van der Waals surface area contributed by atoms with Crippen molar-refractivity contribution in [2.24, 2.45) is 5.41 Å². The molecule has 0 radical (unpaired) electrons. The number of sulfone groups is 1. The molecule has 15 heavy (non-hydrogen) atoms. The van der Waals surface area contributed by atoms with Crippen molar-refractivity contribution in [3.05, 3.63) is 0 Å². The first-order valence-corrected chi connectivity index (χ1v) is 6.95. The molecule has 0 aromatic rings. The van der Waals surface area contributed by atoms with Gasteiger partial charge in [-0.05, 0) is 13.5 Å². The Kier molecular flexibility index (Phi) is 3.55. The van der Waals surface area contributed by atoms with Crippen LogP contribution >= 0.6 is 0 Å². The van der Waals surface area contributed by atoms with Crippen LogP contribution in [0.5, 0.6) is 0 Å². The Morgan fingerprint density at radius 1 is 1.47 bits per heavy atom. The van der Waals surface area contributed by atoms with Crippen molar-refractivity contribution < 1.29 is 13.2 Å². The van der Waals surface area contributed by atoms with Crippen LogP contribution in [0.25, 0.3) is 0 Å². The van der Waals surface area contributed by atoms with Crippen LogP contribution in [0.15, 0.2) is 0 Å². The third-order valence-corrected chi connectivity index (χ3v) is 4.56. The number of nitrogens with zero attached hydrogens (tertiary/aromatic N) is 1. The maximum atomic E-state index is 11.3. The van der Waals surface area contributed by atoms with Gasteiger partial charge in [-0.1, -0.05) is 13.8 Å². The van der Waals surface area contributed by atoms with Crippen LogP contribution in [-0.2, 0) is 14.6 Å². The highest BCUT2D eigenvalue weighted by Crippen LogP contribution is 2.20. The average molecular weight is 233 g/mol. The smallest absolute Gasteiger partial charge is 0.151 e. The molecule has 1 unspecified atom stereocenters. The van der Waals surface area contributed by atoms with Crippen molar-refractivity contribution in [2.45, 2.75) is 26.3 Å². The monoisotopic (exact) mass is 233 g/mol. The fourth-order valence-electron chi connectivity index (χ4n) is 1.93. The first-order valence-electron chi connectivity index (χ1n) is 5.13. The summed E-state index contributed by atoms with van der Waals surface area (Å²) in [5, 5.41) is 0. The molecule has 0 saturated carbocycles. The van der Waals surface area contributed by atoms with Crippen molar-refractivity contribution in [1.82, 2.24) is 4.90 Å². The van der Waals surface area contributed by atoms with Gasteiger partial charge in [0.1, 0.15) is 6.29 Å². The molecular weight excluding hydrogens is 214 g/mol. The lowest BCUT2D eigenvalue weighted by molar-refractivity contribution is -0.115. The minimum Gasteiger partial charge on any atom is -0.303 e. The molecule has 0 aliphatic carbocycles. The van der Waals surface area contributed by atoms with Gasteiger partial charge in [-0.3, -0.25) is 0 Å². The third-order valence-electron chi connectivity index (χ3n) is 2.81. The number of hydrogen-bond donors (Lipinski definition) is 0. The van der Waals surface area contributed by atoms with Gasteiger partial charge in [0.05, 0.1) is 11.5 Å². The summed E-state index contributed by atoms with van der Waals surface area (Å²) in [6.07, 6.45) is 1.61. The lowest BCUT2D eigenvalue weighted by Crippen LogP contribution is -2.40. The van der Waals surface area contributed by atoms with Gasteiger partial charge >= 0.3 is 0 Å². The molecule has 1 atom stereocenters. The van der Waals surface area contributed by atoms with Gasteiger partial charge in [-0.25, -0.2) is 8.42 Å². The predicted octanol–water partition coefficient (Wildman–Crippen LogP) is 0.330. The average Bonchev–Trinajstić information content (AvgIpc) is 2.45. The molecule has 1 aliphatic heterocycles. The minimum atomic E-state index is -2.83. The van der Waals surface area contributed by atoms with E-state index in [-0.39, 0.29) is 17.5 Å². The number of aldehydes is 1. The largest absolute Gasteiger partial charge is 0.303 e. The van der Waals surface area contributed by atoms with Crippen molar-refractivity contribution >= 4 is 16.1 Å². The van der Waals surface area contributed by atoms with Crippen LogP contribution in [-0.4, -0.2) is 50.7 Å². The molecule has 5 heteroatoms. The highest BCUT2D eigenvalue weighted by Gasteiger charge is 2.32. The molecule has 0 bridgehead atoms.